The van der Waals surface area contributed by atoms with Gasteiger partial charge in [-0.1, -0.05) is 35.9 Å². The monoisotopic (exact) mass is 547 g/mol. The molecule has 0 saturated heterocycles. The van der Waals surface area contributed by atoms with Gasteiger partial charge >= 0.3 is 103 Å². The number of hydrogen-bond acceptors (Lipinski definition) is 8. The predicted octanol–water partition coefficient (Wildman–Crippen LogP) is -4.81. The molecule has 9 nitrogen and oxygen atoms in total. The summed E-state index contributed by atoms with van der Waals surface area (Å²) in [4.78, 5) is 25.1. The Hall–Kier alpha value is -0.227. The van der Waals surface area contributed by atoms with E-state index in [0.717, 1.165) is 27.5 Å². The Morgan fingerprint density at radius 3 is 2.51 bits per heavy atom. The van der Waals surface area contributed by atoms with Crippen molar-refractivity contribution in [2.75, 3.05) is 23.7 Å². The van der Waals surface area contributed by atoms with Crippen molar-refractivity contribution in [2.45, 2.75) is 20.3 Å². The fourth-order valence-electron chi connectivity index (χ4n) is 3.54. The van der Waals surface area contributed by atoms with Gasteiger partial charge in [-0.2, -0.15) is 5.10 Å². The zero-order chi connectivity index (χ0) is 24.2. The number of carbonyl (C=O) groups excluding carboxylic acids is 2. The van der Waals surface area contributed by atoms with Crippen molar-refractivity contribution < 1.29 is 130 Å². The number of benzene rings is 1. The van der Waals surface area contributed by atoms with Crippen molar-refractivity contribution >= 4 is 39.5 Å². The number of amides is 1. The molecule has 0 unspecified atom stereocenters. The summed E-state index contributed by atoms with van der Waals surface area (Å²) in [6.45, 7) is 3.14. The molecule has 0 aromatic heterocycles. The zero-order valence-electron chi connectivity index (χ0n) is 20.2. The summed E-state index contributed by atoms with van der Waals surface area (Å²) in [6.07, 6.45) is 9.26. The molecule has 0 spiro atoms. The number of carboxylic acids is 1. The number of allylic oxidation sites excluding steroid dienone is 5. The van der Waals surface area contributed by atoms with Gasteiger partial charge in [-0.25, -0.2) is 13.4 Å². The number of carboxylic acid groups (broad SMARTS) is 1. The van der Waals surface area contributed by atoms with Crippen molar-refractivity contribution in [3.05, 3.63) is 71.0 Å². The quantitative estimate of drug-likeness (QED) is 0.181. The molecule has 2 aliphatic heterocycles. The van der Waals surface area contributed by atoms with Crippen LogP contribution in [-0.4, -0.2) is 54.4 Å². The number of hydrazone groups is 1. The van der Waals surface area contributed by atoms with Gasteiger partial charge < -0.3 is 19.4 Å². The molecule has 2 aliphatic rings. The van der Waals surface area contributed by atoms with Crippen LogP contribution >= 0.6 is 0 Å². The second-order valence-electron chi connectivity index (χ2n) is 7.64. The minimum atomic E-state index is -4.30. The molecule has 0 saturated carbocycles. The van der Waals surface area contributed by atoms with Gasteiger partial charge in [0.25, 0.3) is 5.91 Å². The van der Waals surface area contributed by atoms with Gasteiger partial charge in [-0.15, -0.1) is 0 Å². The molecular weight excluding hydrogens is 525 g/mol. The van der Waals surface area contributed by atoms with Crippen LogP contribution in [-0.2, 0) is 19.7 Å². The van der Waals surface area contributed by atoms with Crippen LogP contribution in [0.1, 0.15) is 25.8 Å². The second-order valence-corrected chi connectivity index (χ2v) is 9.16. The van der Waals surface area contributed by atoms with Gasteiger partial charge in [0.2, 0.25) is 0 Å². The Balaban J connectivity index is 0.00000306. The number of fused-ring (bicyclic) bond motifs is 1. The SMILES string of the molecule is CC1=NN(CC(=O)[O-])C(=O)\C1=C/C(C)=C\C=C1\C=Cc2ccccc2N1CCCS(=O)(=O)[O-].[K+].[K+]. The molecule has 0 atom stereocenters. The number of carbonyl (C=O) groups is 2. The normalized spacial score (nSPS) is 17.7. The topological polar surface area (TPSA) is 133 Å². The van der Waals surface area contributed by atoms with Crippen LogP contribution in [0.5, 0.6) is 0 Å². The maximum atomic E-state index is 12.4. The molecule has 0 aliphatic carbocycles. The van der Waals surface area contributed by atoms with E-state index in [1.165, 1.54) is 0 Å². The minimum Gasteiger partial charge on any atom is -0.748 e. The Morgan fingerprint density at radius 2 is 1.86 bits per heavy atom. The number of nitrogens with zero attached hydrogens (tertiary/aromatic N) is 3. The van der Waals surface area contributed by atoms with Crippen molar-refractivity contribution in [1.29, 1.82) is 0 Å². The third-order valence-corrected chi connectivity index (χ3v) is 5.83. The number of rotatable bonds is 8. The molecule has 12 heteroatoms. The second kappa shape index (κ2) is 14.6. The number of hydrogen-bond donors (Lipinski definition) is 0. The summed E-state index contributed by atoms with van der Waals surface area (Å²) in [7, 11) is -4.30. The van der Waals surface area contributed by atoms with E-state index in [4.69, 9.17) is 0 Å². The van der Waals surface area contributed by atoms with E-state index in [2.05, 4.69) is 5.10 Å². The number of aliphatic carboxylic acids is 1. The molecule has 174 valence electrons. The number of anilines is 1. The van der Waals surface area contributed by atoms with Crippen LogP contribution in [0.15, 0.2) is 70.5 Å². The summed E-state index contributed by atoms with van der Waals surface area (Å²) in [6, 6.07) is 7.64. The maximum absolute atomic E-state index is 12.4. The van der Waals surface area contributed by atoms with E-state index in [9.17, 15) is 27.7 Å². The van der Waals surface area contributed by atoms with Crippen LogP contribution in [0, 0.1) is 0 Å². The first-order chi connectivity index (χ1) is 15.5. The summed E-state index contributed by atoms with van der Waals surface area (Å²) < 4.78 is 33.1. The maximum Gasteiger partial charge on any atom is 1.00 e. The third-order valence-electron chi connectivity index (χ3n) is 5.04. The van der Waals surface area contributed by atoms with Crippen molar-refractivity contribution in [1.82, 2.24) is 5.01 Å². The first-order valence-corrected chi connectivity index (χ1v) is 11.8. The standard InChI is InChI=1S/C23H25N3O6S.2K/c1-16(14-20-17(2)24-26(23(20)29)15-22(27)28)8-10-19-11-9-18-6-3-4-7-21(18)25(19)12-5-13-33(30,31)32;;/h3-4,6-11,14H,5,12-13,15H2,1-2H3,(H,27,28)(H,30,31,32);;/q;2*+1/p-2/b16-8-,19-10-,20-14-;;. The average molecular weight is 548 g/mol. The summed E-state index contributed by atoms with van der Waals surface area (Å²) in [5.41, 5.74) is 4.09. The molecule has 0 bridgehead atoms. The Bertz CT molecular complexity index is 1240. The summed E-state index contributed by atoms with van der Waals surface area (Å²) in [5.74, 6) is -2.36. The minimum absolute atomic E-state index is 0. The molecule has 2 heterocycles. The van der Waals surface area contributed by atoms with Crippen molar-refractivity contribution in [2.24, 2.45) is 5.10 Å². The van der Waals surface area contributed by atoms with Crippen LogP contribution in [0.2, 0.25) is 0 Å². The predicted molar refractivity (Wildman–Crippen MR) is 122 cm³/mol. The fourth-order valence-corrected chi connectivity index (χ4v) is 4.02. The molecule has 1 aromatic rings. The van der Waals surface area contributed by atoms with E-state index in [0.29, 0.717) is 17.8 Å². The van der Waals surface area contributed by atoms with Crippen molar-refractivity contribution in [3.63, 3.8) is 0 Å². The van der Waals surface area contributed by atoms with E-state index >= 15 is 0 Å². The summed E-state index contributed by atoms with van der Waals surface area (Å²) >= 11 is 0. The van der Waals surface area contributed by atoms with E-state index in [1.54, 1.807) is 26.0 Å². The van der Waals surface area contributed by atoms with Gasteiger partial charge in [-0.05, 0) is 50.1 Å². The smallest absolute Gasteiger partial charge is 0.748 e. The van der Waals surface area contributed by atoms with E-state index in [1.807, 2.05) is 47.4 Å². The largest absolute Gasteiger partial charge is 1.00 e. The van der Waals surface area contributed by atoms with Gasteiger partial charge in [-0.3, -0.25) is 4.79 Å². The Labute approximate surface area is 290 Å². The molecule has 0 fully saturated rings. The van der Waals surface area contributed by atoms with Crippen LogP contribution < -0.4 is 113 Å². The Kier molecular flexibility index (Phi) is 13.7. The molecule has 3 rings (SSSR count). The molecule has 1 amide bonds. The van der Waals surface area contributed by atoms with Crippen LogP contribution in [0.25, 0.3) is 6.08 Å². The van der Waals surface area contributed by atoms with Crippen LogP contribution in [0.3, 0.4) is 0 Å². The average Bonchev–Trinajstić information content (AvgIpc) is 2.98. The summed E-state index contributed by atoms with van der Waals surface area (Å²) in [5, 5.41) is 15.6. The fraction of sp³-hybridized carbons (Fsp3) is 0.261. The molecule has 0 N–H and O–H groups in total. The Morgan fingerprint density at radius 1 is 1.17 bits per heavy atom. The molecule has 1 aromatic carbocycles. The molecule has 0 radical (unpaired) electrons. The van der Waals surface area contributed by atoms with Gasteiger partial charge in [0.05, 0.1) is 33.9 Å². The van der Waals surface area contributed by atoms with Gasteiger partial charge in [0.1, 0.15) is 0 Å². The van der Waals surface area contributed by atoms with Crippen LogP contribution in [0.4, 0.5) is 5.69 Å². The molecule has 35 heavy (non-hydrogen) atoms. The molecular formula is C23H23K2N3O6S. The van der Waals surface area contributed by atoms with Gasteiger partial charge in [0, 0.05) is 23.7 Å². The van der Waals surface area contributed by atoms with Gasteiger partial charge in [0.15, 0.2) is 0 Å². The van der Waals surface area contributed by atoms with E-state index < -0.39 is 34.3 Å². The number of para-hydroxylation sites is 1. The third kappa shape index (κ3) is 9.54. The first kappa shape index (κ1) is 32.8. The van der Waals surface area contributed by atoms with E-state index in [-0.39, 0.29) is 109 Å². The first-order valence-electron chi connectivity index (χ1n) is 10.2. The van der Waals surface area contributed by atoms with Crippen molar-refractivity contribution in [3.8, 4) is 0 Å². The zero-order valence-corrected chi connectivity index (χ0v) is 27.3.